The lowest BCUT2D eigenvalue weighted by Crippen LogP contribution is -1.90. The van der Waals surface area contributed by atoms with Gasteiger partial charge in [-0.2, -0.15) is 0 Å². The highest BCUT2D eigenvalue weighted by atomic mass is 16.1. The number of hydrogen-bond acceptors (Lipinski definition) is 2. The van der Waals surface area contributed by atoms with E-state index < -0.39 is 0 Å². The van der Waals surface area contributed by atoms with Crippen molar-refractivity contribution in [1.82, 2.24) is 9.97 Å². The minimum absolute atomic E-state index is 0.319. The molecule has 1 N–H and O–H groups in total. The van der Waals surface area contributed by atoms with Crippen LogP contribution >= 0.6 is 0 Å². The second kappa shape index (κ2) is 8.08. The van der Waals surface area contributed by atoms with Gasteiger partial charge in [0.2, 0.25) is 0 Å². The molecule has 3 heteroatoms. The topological polar surface area (TPSA) is 45.8 Å². The van der Waals surface area contributed by atoms with E-state index in [4.69, 9.17) is 0 Å². The van der Waals surface area contributed by atoms with Crippen LogP contribution in [0, 0.1) is 0 Å². The maximum Gasteiger partial charge on any atom is 0.129 e. The quantitative estimate of drug-likeness (QED) is 0.652. The number of H-pyrrole nitrogens is 1. The van der Waals surface area contributed by atoms with Crippen LogP contribution in [0.5, 0.6) is 0 Å². The van der Waals surface area contributed by atoms with Crippen molar-refractivity contribution in [2.24, 2.45) is 0 Å². The molecule has 0 unspecified atom stereocenters. The van der Waals surface area contributed by atoms with Gasteiger partial charge >= 0.3 is 0 Å². The average molecular weight is 222 g/mol. The van der Waals surface area contributed by atoms with Crippen LogP contribution in [0.3, 0.4) is 0 Å². The third kappa shape index (κ3) is 6.38. The molecule has 0 radical (unpaired) electrons. The Hall–Kier alpha value is -1.12. The summed E-state index contributed by atoms with van der Waals surface area (Å²) in [6.07, 6.45) is 12.8. The van der Waals surface area contributed by atoms with E-state index in [0.29, 0.717) is 5.78 Å². The minimum atomic E-state index is 0.319. The number of aromatic nitrogens is 2. The number of aromatic amines is 1. The Kier molecular flexibility index (Phi) is 6.54. The van der Waals surface area contributed by atoms with Crippen LogP contribution in [0.25, 0.3) is 0 Å². The second-order valence-corrected chi connectivity index (χ2v) is 4.40. The van der Waals surface area contributed by atoms with E-state index in [-0.39, 0.29) is 0 Å². The zero-order valence-electron chi connectivity index (χ0n) is 10.2. The van der Waals surface area contributed by atoms with Crippen molar-refractivity contribution in [3.05, 3.63) is 18.2 Å². The largest absolute Gasteiger partial charge is 0.348 e. The zero-order chi connectivity index (χ0) is 11.6. The monoisotopic (exact) mass is 222 g/mol. The van der Waals surface area contributed by atoms with Gasteiger partial charge in [0.1, 0.15) is 5.78 Å². The van der Waals surface area contributed by atoms with E-state index in [1.165, 1.54) is 37.8 Å². The van der Waals surface area contributed by atoms with Gasteiger partial charge in [-0.05, 0) is 26.2 Å². The van der Waals surface area contributed by atoms with Crippen molar-refractivity contribution in [3.8, 4) is 0 Å². The molecule has 0 aliphatic carbocycles. The third-order valence-corrected chi connectivity index (χ3v) is 2.78. The zero-order valence-corrected chi connectivity index (χ0v) is 10.2. The number of hydrogen-bond donors (Lipinski definition) is 1. The summed E-state index contributed by atoms with van der Waals surface area (Å²) in [6.45, 7) is 1.67. The molecule has 1 aromatic heterocycles. The number of carbonyl (C=O) groups excluding carboxylic acids is 1. The first-order chi connectivity index (χ1) is 7.79. The first-order valence-electron chi connectivity index (χ1n) is 6.25. The lowest BCUT2D eigenvalue weighted by Gasteiger charge is -2.00. The molecule has 1 aromatic rings. The molecule has 0 amide bonds. The van der Waals surface area contributed by atoms with Crippen LogP contribution in [-0.2, 0) is 11.2 Å². The highest BCUT2D eigenvalue weighted by Crippen LogP contribution is 2.09. The molecule has 0 aliphatic rings. The molecule has 0 aromatic carbocycles. The summed E-state index contributed by atoms with van der Waals surface area (Å²) < 4.78 is 0. The summed E-state index contributed by atoms with van der Waals surface area (Å²) in [4.78, 5) is 17.8. The van der Waals surface area contributed by atoms with E-state index in [1.807, 2.05) is 6.20 Å². The van der Waals surface area contributed by atoms with Crippen LogP contribution < -0.4 is 0 Å². The fourth-order valence-corrected chi connectivity index (χ4v) is 1.82. The van der Waals surface area contributed by atoms with Crippen molar-refractivity contribution >= 4 is 5.78 Å². The maximum atomic E-state index is 10.7. The normalized spacial score (nSPS) is 10.6. The van der Waals surface area contributed by atoms with E-state index in [0.717, 1.165) is 19.3 Å². The number of carbonyl (C=O) groups is 1. The van der Waals surface area contributed by atoms with Crippen molar-refractivity contribution in [3.63, 3.8) is 0 Å². The summed E-state index contributed by atoms with van der Waals surface area (Å²) in [5.74, 6) is 0.319. The molecule has 0 saturated carbocycles. The molecule has 3 nitrogen and oxygen atoms in total. The number of aryl methyl sites for hydroxylation is 1. The fourth-order valence-electron chi connectivity index (χ4n) is 1.82. The molecule has 0 bridgehead atoms. The van der Waals surface area contributed by atoms with Gasteiger partial charge in [0.05, 0.1) is 6.33 Å². The SMILES string of the molecule is CC(=O)CCCCCCCCc1cnc[nH]1. The van der Waals surface area contributed by atoms with Gasteiger partial charge in [-0.1, -0.05) is 25.7 Å². The van der Waals surface area contributed by atoms with Gasteiger partial charge in [0.25, 0.3) is 0 Å². The molecule has 1 rings (SSSR count). The first-order valence-corrected chi connectivity index (χ1v) is 6.25. The molecule has 0 aliphatic heterocycles. The van der Waals surface area contributed by atoms with Crippen molar-refractivity contribution in [2.45, 2.75) is 58.3 Å². The summed E-state index contributed by atoms with van der Waals surface area (Å²) in [5, 5.41) is 0. The Bertz CT molecular complexity index is 280. The smallest absolute Gasteiger partial charge is 0.129 e. The lowest BCUT2D eigenvalue weighted by atomic mass is 10.1. The number of rotatable bonds is 9. The Morgan fingerprint density at radius 2 is 1.88 bits per heavy atom. The highest BCUT2D eigenvalue weighted by Gasteiger charge is 1.96. The molecule has 0 saturated heterocycles. The second-order valence-electron chi connectivity index (χ2n) is 4.40. The Morgan fingerprint density at radius 1 is 1.19 bits per heavy atom. The molecule has 0 spiro atoms. The standard InChI is InChI=1S/C13H22N2O/c1-12(16)8-6-4-2-3-5-7-9-13-10-14-11-15-13/h10-11H,2-9H2,1H3,(H,14,15). The predicted octanol–water partition coefficient (Wildman–Crippen LogP) is 3.27. The van der Waals surface area contributed by atoms with Gasteiger partial charge in [-0.25, -0.2) is 4.98 Å². The first kappa shape index (κ1) is 12.9. The number of ketones is 1. The van der Waals surface area contributed by atoms with E-state index in [9.17, 15) is 4.79 Å². The van der Waals surface area contributed by atoms with Crippen LogP contribution in [-0.4, -0.2) is 15.8 Å². The Labute approximate surface area is 97.7 Å². The van der Waals surface area contributed by atoms with Gasteiger partial charge in [-0.3, -0.25) is 0 Å². The lowest BCUT2D eigenvalue weighted by molar-refractivity contribution is -0.117. The number of nitrogens with one attached hydrogen (secondary N) is 1. The molecule has 90 valence electrons. The highest BCUT2D eigenvalue weighted by molar-refractivity contribution is 5.75. The minimum Gasteiger partial charge on any atom is -0.348 e. The number of nitrogens with zero attached hydrogens (tertiary/aromatic N) is 1. The maximum absolute atomic E-state index is 10.7. The molecule has 1 heterocycles. The molecule has 0 atom stereocenters. The molecule has 0 fully saturated rings. The summed E-state index contributed by atoms with van der Waals surface area (Å²) in [5.41, 5.74) is 1.23. The molecule has 16 heavy (non-hydrogen) atoms. The predicted molar refractivity (Wildman–Crippen MR) is 65.3 cm³/mol. The van der Waals surface area contributed by atoms with Crippen molar-refractivity contribution < 1.29 is 4.79 Å². The fraction of sp³-hybridized carbons (Fsp3) is 0.692. The summed E-state index contributed by atoms with van der Waals surface area (Å²) in [6, 6.07) is 0. The van der Waals surface area contributed by atoms with Crippen LogP contribution in [0.2, 0.25) is 0 Å². The third-order valence-electron chi connectivity index (χ3n) is 2.78. The molecular weight excluding hydrogens is 200 g/mol. The summed E-state index contributed by atoms with van der Waals surface area (Å²) >= 11 is 0. The van der Waals surface area contributed by atoms with E-state index >= 15 is 0 Å². The number of unbranched alkanes of at least 4 members (excludes halogenated alkanes) is 5. The van der Waals surface area contributed by atoms with Gasteiger partial charge in [-0.15, -0.1) is 0 Å². The van der Waals surface area contributed by atoms with Crippen LogP contribution in [0.15, 0.2) is 12.5 Å². The van der Waals surface area contributed by atoms with Crippen molar-refractivity contribution in [1.29, 1.82) is 0 Å². The van der Waals surface area contributed by atoms with E-state index in [2.05, 4.69) is 9.97 Å². The van der Waals surface area contributed by atoms with Crippen LogP contribution in [0.1, 0.15) is 57.6 Å². The van der Waals surface area contributed by atoms with E-state index in [1.54, 1.807) is 13.3 Å². The number of imidazole rings is 1. The van der Waals surface area contributed by atoms with Gasteiger partial charge in [0.15, 0.2) is 0 Å². The average Bonchev–Trinajstić information content (AvgIpc) is 2.74. The molecular formula is C13H22N2O. The summed E-state index contributed by atoms with van der Waals surface area (Å²) in [7, 11) is 0. The number of Topliss-reactive ketones (excluding diaryl/α,β-unsaturated/α-hetero) is 1. The van der Waals surface area contributed by atoms with Gasteiger partial charge < -0.3 is 9.78 Å². The Morgan fingerprint density at radius 3 is 2.50 bits per heavy atom. The Balaban J connectivity index is 1.83. The van der Waals surface area contributed by atoms with Crippen molar-refractivity contribution in [2.75, 3.05) is 0 Å². The van der Waals surface area contributed by atoms with Crippen LogP contribution in [0.4, 0.5) is 0 Å². The van der Waals surface area contributed by atoms with Gasteiger partial charge in [0, 0.05) is 18.3 Å².